The topological polar surface area (TPSA) is 98.3 Å². The number of hydrogen-bond donors (Lipinski definition) is 1. The number of halogens is 6. The summed E-state index contributed by atoms with van der Waals surface area (Å²) in [6.07, 6.45) is -10.4. The molecule has 0 bridgehead atoms. The molecule has 1 unspecified atom stereocenters. The van der Waals surface area contributed by atoms with Crippen molar-refractivity contribution in [2.45, 2.75) is 23.6 Å². The van der Waals surface area contributed by atoms with Gasteiger partial charge in [0, 0.05) is 34.4 Å². The molecule has 0 saturated heterocycles. The van der Waals surface area contributed by atoms with Gasteiger partial charge in [-0.1, -0.05) is 36.0 Å². The smallest absolute Gasteiger partial charge is 0.416 e. The number of fused-ring (bicyclic) bond motifs is 1. The van der Waals surface area contributed by atoms with Crippen LogP contribution in [0.25, 0.3) is 33.5 Å². The number of benzene rings is 3. The molecular weight excluding hydrogens is 600 g/mol. The number of hydrogen-bond acceptors (Lipinski definition) is 8. The van der Waals surface area contributed by atoms with E-state index in [1.807, 2.05) is 0 Å². The van der Waals surface area contributed by atoms with Gasteiger partial charge in [0.1, 0.15) is 29.3 Å². The maximum absolute atomic E-state index is 13.4. The molecule has 0 aliphatic rings. The Balaban J connectivity index is 1.38. The fourth-order valence-corrected chi connectivity index (χ4v) is 4.69. The highest BCUT2D eigenvalue weighted by Gasteiger charge is 2.32. The van der Waals surface area contributed by atoms with Gasteiger partial charge in [0.2, 0.25) is 5.16 Å². The summed E-state index contributed by atoms with van der Waals surface area (Å²) in [4.78, 5) is 15.8. The van der Waals surface area contributed by atoms with Crippen molar-refractivity contribution in [3.63, 3.8) is 0 Å². The van der Waals surface area contributed by atoms with E-state index in [-0.39, 0.29) is 40.0 Å². The second-order valence-corrected chi connectivity index (χ2v) is 10.2. The van der Waals surface area contributed by atoms with Crippen LogP contribution in [0.5, 0.6) is 5.75 Å². The minimum absolute atomic E-state index is 0.0186. The Hall–Kier alpha value is -4.43. The van der Waals surface area contributed by atoms with E-state index < -0.39 is 35.2 Å². The number of ether oxygens (including phenoxy) is 1. The Bertz CT molecular complexity index is 1830. The number of aliphatic hydroxyl groups excluding tert-OH is 1. The van der Waals surface area contributed by atoms with Crippen LogP contribution in [0.15, 0.2) is 93.2 Å². The molecular formula is C29H19F6N3O4S. The van der Waals surface area contributed by atoms with E-state index in [1.54, 1.807) is 18.2 Å². The van der Waals surface area contributed by atoms with Crippen molar-refractivity contribution in [2.24, 2.45) is 0 Å². The predicted molar refractivity (Wildman–Crippen MR) is 145 cm³/mol. The summed E-state index contributed by atoms with van der Waals surface area (Å²) in [6, 6.07) is 16.0. The van der Waals surface area contributed by atoms with Crippen molar-refractivity contribution in [1.29, 1.82) is 0 Å². The number of alkyl halides is 6. The van der Waals surface area contributed by atoms with Crippen LogP contribution < -0.4 is 10.4 Å². The van der Waals surface area contributed by atoms with E-state index in [9.17, 15) is 36.2 Å². The van der Waals surface area contributed by atoms with E-state index in [1.165, 1.54) is 24.3 Å². The number of aromatic nitrogens is 3. The third-order valence-corrected chi connectivity index (χ3v) is 7.02. The molecule has 14 heteroatoms. The SMILES string of the molecule is O=c1ccc2ccc(OCC(O)CSc3nnc(-c4cccc(C(F)(F)F)c4)c(-c4cccc(C(F)(F)F)c4)n3)cc2o1. The average Bonchev–Trinajstić information content (AvgIpc) is 2.98. The van der Waals surface area contributed by atoms with Crippen molar-refractivity contribution in [2.75, 3.05) is 12.4 Å². The molecule has 43 heavy (non-hydrogen) atoms. The van der Waals surface area contributed by atoms with Crippen LogP contribution in [0.1, 0.15) is 11.1 Å². The van der Waals surface area contributed by atoms with Crippen LogP contribution in [0.3, 0.4) is 0 Å². The first-order valence-electron chi connectivity index (χ1n) is 12.4. The highest BCUT2D eigenvalue weighted by Crippen LogP contribution is 2.37. The van der Waals surface area contributed by atoms with Crippen LogP contribution in [-0.4, -0.2) is 38.8 Å². The highest BCUT2D eigenvalue weighted by atomic mass is 32.2. The number of nitrogens with zero attached hydrogens (tertiary/aromatic N) is 3. The number of aliphatic hydroxyl groups is 1. The molecule has 7 nitrogen and oxygen atoms in total. The minimum atomic E-state index is -4.68. The van der Waals surface area contributed by atoms with Crippen molar-refractivity contribution >= 4 is 22.7 Å². The summed E-state index contributed by atoms with van der Waals surface area (Å²) in [5.74, 6) is 0.316. The molecule has 0 radical (unpaired) electrons. The van der Waals surface area contributed by atoms with E-state index in [0.717, 1.165) is 48.2 Å². The molecule has 5 aromatic rings. The van der Waals surface area contributed by atoms with Gasteiger partial charge in [-0.25, -0.2) is 9.78 Å². The lowest BCUT2D eigenvalue weighted by atomic mass is 10.0. The van der Waals surface area contributed by atoms with E-state index in [2.05, 4.69) is 15.2 Å². The molecule has 1 N–H and O–H groups in total. The quantitative estimate of drug-likeness (QED) is 0.114. The van der Waals surface area contributed by atoms with Gasteiger partial charge in [-0.2, -0.15) is 26.3 Å². The molecule has 0 fully saturated rings. The minimum Gasteiger partial charge on any atom is -0.491 e. The van der Waals surface area contributed by atoms with Gasteiger partial charge < -0.3 is 14.3 Å². The zero-order chi connectivity index (χ0) is 30.8. The zero-order valence-corrected chi connectivity index (χ0v) is 22.5. The molecule has 0 aliphatic heterocycles. The predicted octanol–water partition coefficient (Wildman–Crippen LogP) is 6.88. The van der Waals surface area contributed by atoms with Crippen LogP contribution in [-0.2, 0) is 12.4 Å². The van der Waals surface area contributed by atoms with Crippen molar-refractivity contribution < 1.29 is 40.6 Å². The second kappa shape index (κ2) is 12.1. The molecule has 0 spiro atoms. The first-order chi connectivity index (χ1) is 20.4. The summed E-state index contributed by atoms with van der Waals surface area (Å²) < 4.78 is 91.1. The molecule has 2 heterocycles. The number of thioether (sulfide) groups is 1. The lowest BCUT2D eigenvalue weighted by Gasteiger charge is -2.14. The fourth-order valence-electron chi connectivity index (χ4n) is 4.00. The lowest BCUT2D eigenvalue weighted by molar-refractivity contribution is -0.138. The fraction of sp³-hybridized carbons (Fsp3) is 0.172. The summed E-state index contributed by atoms with van der Waals surface area (Å²) in [5, 5.41) is 19.1. The molecule has 1 atom stereocenters. The third-order valence-electron chi connectivity index (χ3n) is 6.04. The molecule has 222 valence electrons. The summed E-state index contributed by atoms with van der Waals surface area (Å²) in [5.41, 5.74) is -2.53. The van der Waals surface area contributed by atoms with Crippen molar-refractivity contribution in [3.05, 3.63) is 100 Å². The lowest BCUT2D eigenvalue weighted by Crippen LogP contribution is -2.20. The monoisotopic (exact) mass is 619 g/mol. The normalized spacial score (nSPS) is 12.8. The standard InChI is InChI=1S/C29H19F6N3O4S/c30-28(31,32)19-5-1-3-17(11-19)25-26(18-4-2-6-20(12-18)29(33,34)35)37-38-27(36-25)43-15-21(39)14-41-22-9-7-16-8-10-24(40)42-23(16)13-22/h1-13,21,39H,14-15H2. The molecule has 0 aliphatic carbocycles. The van der Waals surface area contributed by atoms with Crippen LogP contribution in [0.4, 0.5) is 26.3 Å². The first-order valence-corrected chi connectivity index (χ1v) is 13.4. The highest BCUT2D eigenvalue weighted by molar-refractivity contribution is 7.99. The van der Waals surface area contributed by atoms with Gasteiger partial charge in [0.25, 0.3) is 0 Å². The Labute approximate surface area is 243 Å². The Morgan fingerprint density at radius 3 is 2.09 bits per heavy atom. The number of rotatable bonds is 8. The molecule has 2 aromatic heterocycles. The molecule has 0 saturated carbocycles. The Morgan fingerprint density at radius 1 is 0.814 bits per heavy atom. The van der Waals surface area contributed by atoms with E-state index in [0.29, 0.717) is 16.7 Å². The van der Waals surface area contributed by atoms with Crippen LogP contribution >= 0.6 is 11.8 Å². The largest absolute Gasteiger partial charge is 0.491 e. The second-order valence-electron chi connectivity index (χ2n) is 9.18. The van der Waals surface area contributed by atoms with Crippen LogP contribution in [0.2, 0.25) is 0 Å². The van der Waals surface area contributed by atoms with Gasteiger partial charge in [0.05, 0.1) is 17.2 Å². The summed E-state index contributed by atoms with van der Waals surface area (Å²) in [6.45, 7) is -0.175. The summed E-state index contributed by atoms with van der Waals surface area (Å²) in [7, 11) is 0. The van der Waals surface area contributed by atoms with Gasteiger partial charge in [-0.15, -0.1) is 10.2 Å². The zero-order valence-electron chi connectivity index (χ0n) is 21.7. The van der Waals surface area contributed by atoms with Gasteiger partial charge in [0.15, 0.2) is 0 Å². The molecule has 5 rings (SSSR count). The maximum Gasteiger partial charge on any atom is 0.416 e. The van der Waals surface area contributed by atoms with E-state index in [4.69, 9.17) is 9.15 Å². The third kappa shape index (κ3) is 7.32. The van der Waals surface area contributed by atoms with Gasteiger partial charge in [-0.3, -0.25) is 0 Å². The average molecular weight is 620 g/mol. The first kappa shape index (κ1) is 30.0. The Kier molecular flexibility index (Phi) is 8.42. The van der Waals surface area contributed by atoms with Gasteiger partial charge >= 0.3 is 18.0 Å². The molecule has 0 amide bonds. The van der Waals surface area contributed by atoms with Crippen molar-refractivity contribution in [3.8, 4) is 28.3 Å². The molecule has 3 aromatic carbocycles. The Morgan fingerprint density at radius 2 is 1.44 bits per heavy atom. The summed E-state index contributed by atoms with van der Waals surface area (Å²) >= 11 is 0.921. The van der Waals surface area contributed by atoms with Gasteiger partial charge in [-0.05, 0) is 42.5 Å². The van der Waals surface area contributed by atoms with E-state index >= 15 is 0 Å². The van der Waals surface area contributed by atoms with Crippen molar-refractivity contribution in [1.82, 2.24) is 15.2 Å². The maximum atomic E-state index is 13.4. The van der Waals surface area contributed by atoms with Crippen LogP contribution in [0, 0.1) is 0 Å².